The van der Waals surface area contributed by atoms with E-state index in [1.54, 1.807) is 24.3 Å². The Balaban J connectivity index is 0.000000226. The number of phenols is 1. The molecule has 0 aliphatic carbocycles. The Morgan fingerprint density at radius 3 is 1.38 bits per heavy atom. The predicted octanol–water partition coefficient (Wildman–Crippen LogP) is 3.69. The molecule has 0 heterocycles. The highest BCUT2D eigenvalue weighted by molar-refractivity contribution is 5.18. The Morgan fingerprint density at radius 1 is 0.846 bits per heavy atom. The van der Waals surface area contributed by atoms with Gasteiger partial charge in [-0.15, -0.1) is 0 Å². The fraction of sp³-hybridized carbons (Fsp3) is 0.500. The third-order valence-corrected chi connectivity index (χ3v) is 2.09. The monoisotopic (exact) mass is 180 g/mol. The van der Waals surface area contributed by atoms with Crippen molar-refractivity contribution < 1.29 is 5.11 Å². The van der Waals surface area contributed by atoms with Crippen molar-refractivity contribution in [2.45, 2.75) is 27.7 Å². The number of hydrogen-bond acceptors (Lipinski definition) is 1. The first-order chi connectivity index (χ1) is 6.04. The van der Waals surface area contributed by atoms with Crippen molar-refractivity contribution in [2.75, 3.05) is 0 Å². The minimum atomic E-state index is 0.322. The second-order valence-corrected chi connectivity index (χ2v) is 3.82. The van der Waals surface area contributed by atoms with Gasteiger partial charge in [0.25, 0.3) is 0 Å². The van der Waals surface area contributed by atoms with E-state index in [9.17, 15) is 0 Å². The van der Waals surface area contributed by atoms with Crippen LogP contribution in [0, 0.1) is 11.8 Å². The molecule has 1 heteroatoms. The van der Waals surface area contributed by atoms with E-state index in [1.807, 2.05) is 6.07 Å². The highest BCUT2D eigenvalue weighted by atomic mass is 16.3. The molecular weight excluding hydrogens is 160 g/mol. The van der Waals surface area contributed by atoms with Crippen molar-refractivity contribution in [1.82, 2.24) is 0 Å². The van der Waals surface area contributed by atoms with Crippen LogP contribution >= 0.6 is 0 Å². The first-order valence-corrected chi connectivity index (χ1v) is 4.78. The minimum Gasteiger partial charge on any atom is -0.508 e. The summed E-state index contributed by atoms with van der Waals surface area (Å²) in [6, 6.07) is 8.71. The molecule has 1 aromatic carbocycles. The highest BCUT2D eigenvalue weighted by Crippen LogP contribution is 2.05. The van der Waals surface area contributed by atoms with E-state index in [0.717, 1.165) is 11.8 Å². The first kappa shape index (κ1) is 12.0. The van der Waals surface area contributed by atoms with Gasteiger partial charge in [0, 0.05) is 0 Å². The van der Waals surface area contributed by atoms with E-state index in [2.05, 4.69) is 27.7 Å². The van der Waals surface area contributed by atoms with E-state index in [-0.39, 0.29) is 0 Å². The van der Waals surface area contributed by atoms with Gasteiger partial charge in [0.1, 0.15) is 5.75 Å². The summed E-state index contributed by atoms with van der Waals surface area (Å²) in [6.45, 7) is 8.96. The molecule has 1 rings (SSSR count). The maximum atomic E-state index is 8.63. The zero-order chi connectivity index (χ0) is 10.3. The van der Waals surface area contributed by atoms with Crippen LogP contribution < -0.4 is 0 Å². The summed E-state index contributed by atoms with van der Waals surface area (Å²) in [7, 11) is 0. The van der Waals surface area contributed by atoms with Gasteiger partial charge < -0.3 is 5.11 Å². The Morgan fingerprint density at radius 2 is 1.23 bits per heavy atom. The lowest BCUT2D eigenvalue weighted by molar-refractivity contribution is 0.457. The fourth-order valence-corrected chi connectivity index (χ4v) is 0.428. The molecule has 1 aromatic rings. The molecule has 0 amide bonds. The summed E-state index contributed by atoms with van der Waals surface area (Å²) in [4.78, 5) is 0. The van der Waals surface area contributed by atoms with Gasteiger partial charge in [0.15, 0.2) is 0 Å². The maximum absolute atomic E-state index is 8.63. The molecule has 0 saturated heterocycles. The second kappa shape index (κ2) is 6.53. The fourth-order valence-electron chi connectivity index (χ4n) is 0.428. The number of benzene rings is 1. The standard InChI is InChI=1S/C6H6O.C6H14/c7-6-4-2-1-3-5-6;1-5(2)6(3)4/h1-5,7H;5-6H,1-4H3. The molecule has 0 bridgehead atoms. The van der Waals surface area contributed by atoms with Gasteiger partial charge >= 0.3 is 0 Å². The van der Waals surface area contributed by atoms with Gasteiger partial charge in [-0.1, -0.05) is 45.9 Å². The maximum Gasteiger partial charge on any atom is 0.115 e. The van der Waals surface area contributed by atoms with Gasteiger partial charge in [-0.25, -0.2) is 0 Å². The van der Waals surface area contributed by atoms with Gasteiger partial charge in [-0.3, -0.25) is 0 Å². The minimum absolute atomic E-state index is 0.322. The number of aromatic hydroxyl groups is 1. The SMILES string of the molecule is CC(C)C(C)C.Oc1ccccc1. The molecule has 74 valence electrons. The molecule has 0 radical (unpaired) electrons. The first-order valence-electron chi connectivity index (χ1n) is 4.78. The van der Waals surface area contributed by atoms with E-state index in [4.69, 9.17) is 5.11 Å². The van der Waals surface area contributed by atoms with E-state index in [1.165, 1.54) is 0 Å². The van der Waals surface area contributed by atoms with Crippen molar-refractivity contribution in [1.29, 1.82) is 0 Å². The number of hydrogen-bond donors (Lipinski definition) is 1. The summed E-state index contributed by atoms with van der Waals surface area (Å²) in [5, 5.41) is 8.63. The molecule has 13 heavy (non-hydrogen) atoms. The van der Waals surface area contributed by atoms with Crippen LogP contribution in [-0.4, -0.2) is 5.11 Å². The van der Waals surface area contributed by atoms with Crippen LogP contribution in [0.5, 0.6) is 5.75 Å². The summed E-state index contributed by atoms with van der Waals surface area (Å²) in [5.41, 5.74) is 0. The molecule has 1 nitrogen and oxygen atoms in total. The molecule has 0 aliphatic rings. The number of para-hydroxylation sites is 1. The molecule has 0 fully saturated rings. The Labute approximate surface area is 81.4 Å². The van der Waals surface area contributed by atoms with Crippen LogP contribution in [0.4, 0.5) is 0 Å². The number of phenolic OH excluding ortho intramolecular Hbond substituents is 1. The largest absolute Gasteiger partial charge is 0.508 e. The van der Waals surface area contributed by atoms with Crippen molar-refractivity contribution >= 4 is 0 Å². The molecule has 0 aromatic heterocycles. The van der Waals surface area contributed by atoms with E-state index < -0.39 is 0 Å². The average Bonchev–Trinajstić information content (AvgIpc) is 2.06. The van der Waals surface area contributed by atoms with Crippen molar-refractivity contribution in [3.8, 4) is 5.75 Å². The van der Waals surface area contributed by atoms with Crippen LogP contribution in [0.2, 0.25) is 0 Å². The molecule has 0 spiro atoms. The van der Waals surface area contributed by atoms with Crippen molar-refractivity contribution in [2.24, 2.45) is 11.8 Å². The van der Waals surface area contributed by atoms with Crippen LogP contribution in [0.1, 0.15) is 27.7 Å². The Bertz CT molecular complexity index is 196. The average molecular weight is 180 g/mol. The lowest BCUT2D eigenvalue weighted by Crippen LogP contribution is -1.95. The lowest BCUT2D eigenvalue weighted by atomic mass is 10.0. The zero-order valence-electron chi connectivity index (χ0n) is 8.99. The van der Waals surface area contributed by atoms with Gasteiger partial charge in [0.2, 0.25) is 0 Å². The molecule has 0 saturated carbocycles. The summed E-state index contributed by atoms with van der Waals surface area (Å²) in [5.74, 6) is 2.03. The van der Waals surface area contributed by atoms with Gasteiger partial charge in [-0.2, -0.15) is 0 Å². The van der Waals surface area contributed by atoms with Crippen LogP contribution in [0.3, 0.4) is 0 Å². The topological polar surface area (TPSA) is 20.2 Å². The zero-order valence-corrected chi connectivity index (χ0v) is 8.99. The third-order valence-electron chi connectivity index (χ3n) is 2.09. The Kier molecular flexibility index (Phi) is 6.03. The molecule has 1 N–H and O–H groups in total. The second-order valence-electron chi connectivity index (χ2n) is 3.82. The summed E-state index contributed by atoms with van der Waals surface area (Å²) >= 11 is 0. The summed E-state index contributed by atoms with van der Waals surface area (Å²) in [6.07, 6.45) is 0. The normalized spacial score (nSPS) is 9.69. The smallest absolute Gasteiger partial charge is 0.115 e. The van der Waals surface area contributed by atoms with E-state index in [0.29, 0.717) is 5.75 Å². The van der Waals surface area contributed by atoms with Crippen LogP contribution in [0.15, 0.2) is 30.3 Å². The predicted molar refractivity (Wildman–Crippen MR) is 57.8 cm³/mol. The molecule has 0 aliphatic heterocycles. The van der Waals surface area contributed by atoms with Crippen LogP contribution in [-0.2, 0) is 0 Å². The van der Waals surface area contributed by atoms with E-state index >= 15 is 0 Å². The van der Waals surface area contributed by atoms with Gasteiger partial charge in [-0.05, 0) is 24.0 Å². The van der Waals surface area contributed by atoms with Crippen molar-refractivity contribution in [3.05, 3.63) is 30.3 Å². The third kappa shape index (κ3) is 7.38. The summed E-state index contributed by atoms with van der Waals surface area (Å²) < 4.78 is 0. The Hall–Kier alpha value is -0.980. The number of rotatable bonds is 1. The molecular formula is C12H20O. The highest BCUT2D eigenvalue weighted by Gasteiger charge is 1.95. The molecule has 0 unspecified atom stereocenters. The van der Waals surface area contributed by atoms with Crippen LogP contribution in [0.25, 0.3) is 0 Å². The van der Waals surface area contributed by atoms with Crippen molar-refractivity contribution in [3.63, 3.8) is 0 Å². The quantitative estimate of drug-likeness (QED) is 0.698. The molecule has 0 atom stereocenters. The van der Waals surface area contributed by atoms with Gasteiger partial charge in [0.05, 0.1) is 0 Å². The lowest BCUT2D eigenvalue weighted by Gasteiger charge is -2.05.